The highest BCUT2D eigenvalue weighted by Crippen LogP contribution is 2.17. The Morgan fingerprint density at radius 3 is 2.68 bits per heavy atom. The maximum Gasteiger partial charge on any atom is 0.347 e. The van der Waals surface area contributed by atoms with E-state index in [2.05, 4.69) is 4.98 Å². The van der Waals surface area contributed by atoms with Crippen molar-refractivity contribution in [2.24, 2.45) is 0 Å². The summed E-state index contributed by atoms with van der Waals surface area (Å²) in [6.45, 7) is 1.88. The fraction of sp³-hybridized carbons (Fsp3) is 0.214. The van der Waals surface area contributed by atoms with Crippen molar-refractivity contribution in [3.63, 3.8) is 0 Å². The summed E-state index contributed by atoms with van der Waals surface area (Å²) < 4.78 is 1.33. The summed E-state index contributed by atoms with van der Waals surface area (Å²) in [6, 6.07) is 8.87. The van der Waals surface area contributed by atoms with Crippen LogP contribution in [0.25, 0.3) is 0 Å². The van der Waals surface area contributed by atoms with Gasteiger partial charge < -0.3 is 5.11 Å². The average Bonchev–Trinajstić information content (AvgIpc) is 2.40. The van der Waals surface area contributed by atoms with Gasteiger partial charge in [-0.05, 0) is 18.1 Å². The largest absolute Gasteiger partial charge is 0.481 e. The number of carboxylic acids is 1. The predicted molar refractivity (Wildman–Crippen MR) is 70.1 cm³/mol. The van der Waals surface area contributed by atoms with E-state index in [9.17, 15) is 14.7 Å². The molecule has 1 aromatic carbocycles. The summed E-state index contributed by atoms with van der Waals surface area (Å²) in [6.07, 6.45) is 3.09. The smallest absolute Gasteiger partial charge is 0.347 e. The van der Waals surface area contributed by atoms with Gasteiger partial charge in [0.2, 0.25) is 0 Å². The molecule has 0 spiro atoms. The molecule has 1 N–H and O–H groups in total. The Kier molecular flexibility index (Phi) is 3.75. The average molecular weight is 258 g/mol. The highest BCUT2D eigenvalue weighted by molar-refractivity contribution is 5.75. The molecule has 19 heavy (non-hydrogen) atoms. The first-order valence-electron chi connectivity index (χ1n) is 5.89. The molecule has 1 unspecified atom stereocenters. The molecule has 1 aromatic heterocycles. The number of hydrogen-bond acceptors (Lipinski definition) is 3. The number of hydrogen-bond donors (Lipinski definition) is 1. The standard InChI is InChI=1S/C14H14N2O3/c1-10-7-15-14(19)16(8-10)9-12(13(17)18)11-5-3-2-4-6-11/h2-8,12H,9H2,1H3,(H,17,18). The Bertz CT molecular complexity index is 635. The minimum Gasteiger partial charge on any atom is -0.481 e. The van der Waals surface area contributed by atoms with Crippen molar-refractivity contribution in [3.05, 3.63) is 64.3 Å². The molecule has 0 radical (unpaired) electrons. The minimum atomic E-state index is -0.959. The van der Waals surface area contributed by atoms with Gasteiger partial charge in [-0.15, -0.1) is 0 Å². The second-order valence-corrected chi connectivity index (χ2v) is 4.37. The second-order valence-electron chi connectivity index (χ2n) is 4.37. The molecule has 0 aliphatic carbocycles. The Balaban J connectivity index is 2.35. The Morgan fingerprint density at radius 2 is 2.05 bits per heavy atom. The third-order valence-corrected chi connectivity index (χ3v) is 2.86. The summed E-state index contributed by atoms with van der Waals surface area (Å²) in [7, 11) is 0. The third-order valence-electron chi connectivity index (χ3n) is 2.86. The SMILES string of the molecule is Cc1cnc(=O)n(CC(C(=O)O)c2ccccc2)c1. The lowest BCUT2D eigenvalue weighted by atomic mass is 9.99. The van der Waals surface area contributed by atoms with Gasteiger partial charge in [-0.2, -0.15) is 0 Å². The molecule has 1 heterocycles. The molecule has 0 saturated carbocycles. The highest BCUT2D eigenvalue weighted by Gasteiger charge is 2.20. The molecule has 2 aromatic rings. The van der Waals surface area contributed by atoms with Gasteiger partial charge in [-0.1, -0.05) is 30.3 Å². The molecule has 0 aliphatic heterocycles. The van der Waals surface area contributed by atoms with Crippen molar-refractivity contribution in [1.29, 1.82) is 0 Å². The van der Waals surface area contributed by atoms with Crippen LogP contribution in [0.2, 0.25) is 0 Å². The molecular formula is C14H14N2O3. The van der Waals surface area contributed by atoms with E-state index in [0.717, 1.165) is 5.56 Å². The first-order chi connectivity index (χ1) is 9.08. The molecule has 2 rings (SSSR count). The van der Waals surface area contributed by atoms with E-state index in [1.807, 2.05) is 6.07 Å². The van der Waals surface area contributed by atoms with Crippen LogP contribution >= 0.6 is 0 Å². The van der Waals surface area contributed by atoms with E-state index in [-0.39, 0.29) is 6.54 Å². The van der Waals surface area contributed by atoms with Crippen LogP contribution in [0.5, 0.6) is 0 Å². The van der Waals surface area contributed by atoms with Gasteiger partial charge in [0.25, 0.3) is 0 Å². The van der Waals surface area contributed by atoms with Crippen LogP contribution in [-0.4, -0.2) is 20.6 Å². The van der Waals surface area contributed by atoms with Crippen LogP contribution in [0.3, 0.4) is 0 Å². The fourth-order valence-corrected chi connectivity index (χ4v) is 1.90. The lowest BCUT2D eigenvalue weighted by Crippen LogP contribution is -2.28. The number of rotatable bonds is 4. The van der Waals surface area contributed by atoms with Crippen LogP contribution in [0.4, 0.5) is 0 Å². The van der Waals surface area contributed by atoms with E-state index in [1.54, 1.807) is 37.4 Å². The van der Waals surface area contributed by atoms with Gasteiger partial charge in [0.15, 0.2) is 0 Å². The van der Waals surface area contributed by atoms with Crippen molar-refractivity contribution in [3.8, 4) is 0 Å². The van der Waals surface area contributed by atoms with Crippen molar-refractivity contribution in [2.45, 2.75) is 19.4 Å². The van der Waals surface area contributed by atoms with E-state index in [4.69, 9.17) is 0 Å². The van der Waals surface area contributed by atoms with Crippen LogP contribution in [0.15, 0.2) is 47.5 Å². The zero-order valence-corrected chi connectivity index (χ0v) is 10.5. The van der Waals surface area contributed by atoms with E-state index in [1.165, 1.54) is 10.8 Å². The lowest BCUT2D eigenvalue weighted by Gasteiger charge is -2.14. The van der Waals surface area contributed by atoms with E-state index >= 15 is 0 Å². The molecule has 98 valence electrons. The van der Waals surface area contributed by atoms with Gasteiger partial charge in [0, 0.05) is 18.9 Å². The topological polar surface area (TPSA) is 72.2 Å². The van der Waals surface area contributed by atoms with Gasteiger partial charge >= 0.3 is 11.7 Å². The molecule has 0 saturated heterocycles. The van der Waals surface area contributed by atoms with E-state index < -0.39 is 17.6 Å². The molecule has 0 aliphatic rings. The number of carbonyl (C=O) groups is 1. The zero-order chi connectivity index (χ0) is 13.8. The van der Waals surface area contributed by atoms with Crippen LogP contribution in [-0.2, 0) is 11.3 Å². The second kappa shape index (κ2) is 5.48. The Morgan fingerprint density at radius 1 is 1.37 bits per heavy atom. The number of carboxylic acid groups (broad SMARTS) is 1. The fourth-order valence-electron chi connectivity index (χ4n) is 1.90. The lowest BCUT2D eigenvalue weighted by molar-refractivity contribution is -0.139. The first kappa shape index (κ1) is 13.0. The molecule has 0 amide bonds. The molecule has 0 bridgehead atoms. The van der Waals surface area contributed by atoms with Crippen LogP contribution < -0.4 is 5.69 Å². The maximum absolute atomic E-state index is 11.6. The van der Waals surface area contributed by atoms with Crippen LogP contribution in [0.1, 0.15) is 17.0 Å². The zero-order valence-electron chi connectivity index (χ0n) is 10.5. The highest BCUT2D eigenvalue weighted by atomic mass is 16.4. The quantitative estimate of drug-likeness (QED) is 0.900. The number of benzene rings is 1. The van der Waals surface area contributed by atoms with Crippen molar-refractivity contribution < 1.29 is 9.90 Å². The molecule has 0 fully saturated rings. The molecular weight excluding hydrogens is 244 g/mol. The predicted octanol–water partition coefficient (Wildman–Crippen LogP) is 1.42. The Hall–Kier alpha value is -2.43. The number of aromatic nitrogens is 2. The molecule has 1 atom stereocenters. The van der Waals surface area contributed by atoms with Gasteiger partial charge in [0.05, 0.1) is 5.92 Å². The number of nitrogens with zero attached hydrogens (tertiary/aromatic N) is 2. The summed E-state index contributed by atoms with van der Waals surface area (Å²) in [5.74, 6) is -1.72. The molecule has 5 heteroatoms. The summed E-state index contributed by atoms with van der Waals surface area (Å²) >= 11 is 0. The van der Waals surface area contributed by atoms with Crippen molar-refractivity contribution in [2.75, 3.05) is 0 Å². The summed E-state index contributed by atoms with van der Waals surface area (Å²) in [5, 5.41) is 9.31. The molecule has 5 nitrogen and oxygen atoms in total. The monoisotopic (exact) mass is 258 g/mol. The first-order valence-corrected chi connectivity index (χ1v) is 5.89. The summed E-state index contributed by atoms with van der Waals surface area (Å²) in [5.41, 5.74) is 1.05. The van der Waals surface area contributed by atoms with Gasteiger partial charge in [-0.3, -0.25) is 9.36 Å². The van der Waals surface area contributed by atoms with Crippen LogP contribution in [0, 0.1) is 6.92 Å². The number of aliphatic carboxylic acids is 1. The minimum absolute atomic E-state index is 0.0763. The third kappa shape index (κ3) is 3.07. The van der Waals surface area contributed by atoms with Gasteiger partial charge in [0.1, 0.15) is 0 Å². The normalized spacial score (nSPS) is 12.1. The maximum atomic E-state index is 11.6. The van der Waals surface area contributed by atoms with Crippen molar-refractivity contribution in [1.82, 2.24) is 9.55 Å². The number of aryl methyl sites for hydroxylation is 1. The summed E-state index contributed by atoms with van der Waals surface area (Å²) in [4.78, 5) is 26.7. The van der Waals surface area contributed by atoms with Crippen molar-refractivity contribution >= 4 is 5.97 Å². The van der Waals surface area contributed by atoms with E-state index in [0.29, 0.717) is 5.56 Å². The Labute approximate surface area is 110 Å². The van der Waals surface area contributed by atoms with Gasteiger partial charge in [-0.25, -0.2) is 9.78 Å².